The van der Waals surface area contributed by atoms with Crippen molar-refractivity contribution in [2.75, 3.05) is 26.2 Å². The first-order chi connectivity index (χ1) is 8.94. The van der Waals surface area contributed by atoms with Crippen LogP contribution in [0.4, 0.5) is 0 Å². The number of hydrogen-bond acceptors (Lipinski definition) is 2. The van der Waals surface area contributed by atoms with Crippen molar-refractivity contribution in [2.45, 2.75) is 58.5 Å². The predicted molar refractivity (Wildman–Crippen MR) is 94.8 cm³/mol. The number of nitrogens with zero attached hydrogens (tertiary/aromatic N) is 2. The van der Waals surface area contributed by atoms with Gasteiger partial charge in [-0.15, -0.1) is 24.0 Å². The van der Waals surface area contributed by atoms with Crippen LogP contribution < -0.4 is 5.32 Å². The fourth-order valence-corrected chi connectivity index (χ4v) is 3.13. The van der Waals surface area contributed by atoms with E-state index in [0.29, 0.717) is 12.0 Å². The van der Waals surface area contributed by atoms with Crippen LogP contribution in [0.2, 0.25) is 0 Å². The average molecular weight is 395 g/mol. The Kier molecular flexibility index (Phi) is 6.57. The van der Waals surface area contributed by atoms with Gasteiger partial charge in [-0.1, -0.05) is 26.7 Å². The number of likely N-dealkylation sites (tertiary alicyclic amines) is 1. The second-order valence-corrected chi connectivity index (χ2v) is 6.94. The highest BCUT2D eigenvalue weighted by Crippen LogP contribution is 2.31. The molecule has 0 radical (unpaired) electrons. The Bertz CT molecular complexity index is 338. The van der Waals surface area contributed by atoms with Crippen LogP contribution >= 0.6 is 24.0 Å². The van der Waals surface area contributed by atoms with Crippen molar-refractivity contribution in [3.8, 4) is 0 Å². The topological polar surface area (TPSA) is 47.9 Å². The number of nitrogens with one attached hydrogen (secondary N) is 1. The van der Waals surface area contributed by atoms with E-state index in [2.05, 4.69) is 31.0 Å². The highest BCUT2D eigenvalue weighted by molar-refractivity contribution is 14.0. The predicted octanol–water partition coefficient (Wildman–Crippen LogP) is 2.61. The van der Waals surface area contributed by atoms with Gasteiger partial charge in [0, 0.05) is 19.6 Å². The van der Waals surface area contributed by atoms with Gasteiger partial charge in [-0.25, -0.2) is 0 Å². The summed E-state index contributed by atoms with van der Waals surface area (Å²) in [6.45, 7) is 10.3. The molecule has 0 aromatic rings. The van der Waals surface area contributed by atoms with E-state index in [9.17, 15) is 5.11 Å². The van der Waals surface area contributed by atoms with Crippen LogP contribution in [0.1, 0.15) is 52.9 Å². The van der Waals surface area contributed by atoms with Crippen LogP contribution in [0.15, 0.2) is 4.99 Å². The quantitative estimate of drug-likeness (QED) is 0.439. The third kappa shape index (κ3) is 4.76. The Labute approximate surface area is 140 Å². The zero-order valence-corrected chi connectivity index (χ0v) is 15.4. The summed E-state index contributed by atoms with van der Waals surface area (Å²) in [6.07, 6.45) is 5.29. The maximum atomic E-state index is 10.4. The molecule has 2 rings (SSSR count). The molecule has 1 heterocycles. The first-order valence-corrected chi connectivity index (χ1v) is 7.70. The summed E-state index contributed by atoms with van der Waals surface area (Å²) in [4.78, 5) is 7.03. The van der Waals surface area contributed by atoms with Crippen molar-refractivity contribution in [1.82, 2.24) is 10.2 Å². The molecule has 20 heavy (non-hydrogen) atoms. The van der Waals surface area contributed by atoms with Gasteiger partial charge >= 0.3 is 0 Å². The molecule has 4 nitrogen and oxygen atoms in total. The molecule has 0 amide bonds. The number of aliphatic hydroxyl groups is 1. The van der Waals surface area contributed by atoms with E-state index in [4.69, 9.17) is 4.99 Å². The van der Waals surface area contributed by atoms with Crippen LogP contribution in [0, 0.1) is 5.41 Å². The van der Waals surface area contributed by atoms with Crippen molar-refractivity contribution < 1.29 is 5.11 Å². The molecule has 2 aliphatic rings. The van der Waals surface area contributed by atoms with Gasteiger partial charge in [0.05, 0.1) is 12.1 Å². The van der Waals surface area contributed by atoms with Crippen molar-refractivity contribution in [2.24, 2.45) is 10.4 Å². The van der Waals surface area contributed by atoms with E-state index in [1.54, 1.807) is 0 Å². The zero-order chi connectivity index (χ0) is 13.9. The largest absolute Gasteiger partial charge is 0.388 e. The number of guanidine groups is 1. The molecule has 1 aliphatic carbocycles. The fourth-order valence-electron chi connectivity index (χ4n) is 3.13. The average Bonchev–Trinajstić information content (AvgIpc) is 2.91. The van der Waals surface area contributed by atoms with Crippen molar-refractivity contribution >= 4 is 29.9 Å². The molecule has 118 valence electrons. The van der Waals surface area contributed by atoms with E-state index in [1.165, 1.54) is 6.42 Å². The number of rotatable bonds is 3. The molecule has 0 spiro atoms. The molecule has 0 aromatic carbocycles. The third-order valence-corrected chi connectivity index (χ3v) is 4.37. The first-order valence-electron chi connectivity index (χ1n) is 7.70. The minimum atomic E-state index is -0.546. The molecule has 1 saturated carbocycles. The van der Waals surface area contributed by atoms with Crippen LogP contribution in [0.5, 0.6) is 0 Å². The zero-order valence-electron chi connectivity index (χ0n) is 13.1. The Balaban J connectivity index is 0.00000200. The molecule has 0 unspecified atom stereocenters. The number of halogens is 1. The van der Waals surface area contributed by atoms with Gasteiger partial charge in [0.2, 0.25) is 0 Å². The molecule has 0 bridgehead atoms. The highest BCUT2D eigenvalue weighted by atomic mass is 127. The van der Waals surface area contributed by atoms with E-state index in [1.807, 2.05) is 0 Å². The summed E-state index contributed by atoms with van der Waals surface area (Å²) in [5.41, 5.74) is -0.170. The van der Waals surface area contributed by atoms with Gasteiger partial charge in [-0.3, -0.25) is 4.99 Å². The van der Waals surface area contributed by atoms with Gasteiger partial charge in [0.1, 0.15) is 0 Å². The molecule has 2 fully saturated rings. The Morgan fingerprint density at radius 3 is 2.40 bits per heavy atom. The molecule has 0 aromatic heterocycles. The molecule has 1 aliphatic heterocycles. The van der Waals surface area contributed by atoms with Gasteiger partial charge in [-0.05, 0) is 31.6 Å². The van der Waals surface area contributed by atoms with Crippen LogP contribution in [0.3, 0.4) is 0 Å². The van der Waals surface area contributed by atoms with Crippen molar-refractivity contribution in [1.29, 1.82) is 0 Å². The molecule has 2 N–H and O–H groups in total. The lowest BCUT2D eigenvalue weighted by molar-refractivity contribution is 0.0572. The van der Waals surface area contributed by atoms with E-state index in [0.717, 1.165) is 51.3 Å². The van der Waals surface area contributed by atoms with E-state index >= 15 is 0 Å². The maximum Gasteiger partial charge on any atom is 0.194 e. The fraction of sp³-hybridized carbons (Fsp3) is 0.933. The van der Waals surface area contributed by atoms with Gasteiger partial charge in [0.15, 0.2) is 5.96 Å². The minimum Gasteiger partial charge on any atom is -0.388 e. The summed E-state index contributed by atoms with van der Waals surface area (Å²) in [7, 11) is 0. The summed E-state index contributed by atoms with van der Waals surface area (Å²) < 4.78 is 0. The summed E-state index contributed by atoms with van der Waals surface area (Å²) in [6, 6.07) is 0. The summed E-state index contributed by atoms with van der Waals surface area (Å²) >= 11 is 0. The third-order valence-electron chi connectivity index (χ3n) is 4.37. The second kappa shape index (κ2) is 7.29. The van der Waals surface area contributed by atoms with E-state index in [-0.39, 0.29) is 24.0 Å². The maximum absolute atomic E-state index is 10.4. The number of hydrogen-bond donors (Lipinski definition) is 2. The Morgan fingerprint density at radius 2 is 1.90 bits per heavy atom. The van der Waals surface area contributed by atoms with Crippen LogP contribution in [0.25, 0.3) is 0 Å². The van der Waals surface area contributed by atoms with Gasteiger partial charge in [-0.2, -0.15) is 0 Å². The van der Waals surface area contributed by atoms with Gasteiger partial charge in [0.25, 0.3) is 0 Å². The monoisotopic (exact) mass is 395 g/mol. The van der Waals surface area contributed by atoms with Crippen molar-refractivity contribution in [3.05, 3.63) is 0 Å². The van der Waals surface area contributed by atoms with Gasteiger partial charge < -0.3 is 15.3 Å². The summed E-state index contributed by atoms with van der Waals surface area (Å²) in [5, 5.41) is 13.8. The lowest BCUT2D eigenvalue weighted by Gasteiger charge is -2.26. The standard InChI is InChI=1S/C15H29N3O.HI/c1-4-16-13(18-10-9-14(2,3)12-18)17-11-15(19)7-5-6-8-15;/h19H,4-12H2,1-3H3,(H,16,17);1H. The minimum absolute atomic E-state index is 0. The Hall–Kier alpha value is -0.0400. The molecule has 5 heteroatoms. The van der Waals surface area contributed by atoms with E-state index < -0.39 is 5.60 Å². The van der Waals surface area contributed by atoms with Crippen LogP contribution in [-0.2, 0) is 0 Å². The SMILES string of the molecule is CCNC(=NCC1(O)CCCC1)N1CCC(C)(C)C1.I. The van der Waals surface area contributed by atoms with Crippen LogP contribution in [-0.4, -0.2) is 47.7 Å². The molecule has 1 saturated heterocycles. The number of aliphatic imine (C=N–C) groups is 1. The normalized spacial score (nSPS) is 24.6. The summed E-state index contributed by atoms with van der Waals surface area (Å²) in [5.74, 6) is 0.980. The lowest BCUT2D eigenvalue weighted by Crippen LogP contribution is -2.42. The highest BCUT2D eigenvalue weighted by Gasteiger charge is 2.33. The first kappa shape index (κ1) is 18.0. The van der Waals surface area contributed by atoms with Crippen molar-refractivity contribution in [3.63, 3.8) is 0 Å². The lowest BCUT2D eigenvalue weighted by atomic mass is 9.93. The smallest absolute Gasteiger partial charge is 0.194 e. The molecule has 0 atom stereocenters. The Morgan fingerprint density at radius 1 is 1.25 bits per heavy atom. The molecular weight excluding hydrogens is 365 g/mol. The molecular formula is C15H30IN3O. The second-order valence-electron chi connectivity index (χ2n) is 6.94.